The van der Waals surface area contributed by atoms with Gasteiger partial charge in [0.2, 0.25) is 11.8 Å². The lowest BCUT2D eigenvalue weighted by Crippen LogP contribution is -2.41. The molecule has 1 heterocycles. The second-order valence-corrected chi connectivity index (χ2v) is 8.22. The molecule has 2 aromatic rings. The molecule has 0 aliphatic heterocycles. The normalized spacial score (nSPS) is 19.2. The van der Waals surface area contributed by atoms with Gasteiger partial charge in [-0.15, -0.1) is 10.2 Å². The Kier molecular flexibility index (Phi) is 7.08. The molecular formula is C20H27N5O2S. The first-order chi connectivity index (χ1) is 13.5. The molecule has 0 saturated heterocycles. The van der Waals surface area contributed by atoms with E-state index in [1.54, 1.807) is 4.57 Å². The summed E-state index contributed by atoms with van der Waals surface area (Å²) in [5.41, 5.74) is 0.748. The molecule has 1 aromatic carbocycles. The van der Waals surface area contributed by atoms with Crippen molar-refractivity contribution in [2.75, 3.05) is 11.1 Å². The number of hydrogen-bond acceptors (Lipinski definition) is 5. The third kappa shape index (κ3) is 5.58. The van der Waals surface area contributed by atoms with Crippen LogP contribution in [0.1, 0.15) is 38.4 Å². The van der Waals surface area contributed by atoms with Crippen LogP contribution >= 0.6 is 11.8 Å². The standard InChI is InChI=1S/C20H27N5O2S/c1-14-8-6-7-11-16(14)22-19(27)13-28-20-24-23-17(25(20)2)12-18(26)21-15-9-4-3-5-10-15/h3-5,9-10,14,16H,6-8,11-13H2,1-2H3,(H,21,26)(H,22,27)/t14-,16+/m0/s1. The van der Waals surface area contributed by atoms with Gasteiger partial charge in [-0.05, 0) is 30.9 Å². The maximum absolute atomic E-state index is 12.3. The van der Waals surface area contributed by atoms with Gasteiger partial charge in [-0.25, -0.2) is 0 Å². The lowest BCUT2D eigenvalue weighted by molar-refractivity contribution is -0.120. The van der Waals surface area contributed by atoms with Crippen molar-refractivity contribution in [3.05, 3.63) is 36.2 Å². The van der Waals surface area contributed by atoms with Crippen molar-refractivity contribution in [2.45, 2.75) is 50.2 Å². The van der Waals surface area contributed by atoms with Crippen molar-refractivity contribution in [3.8, 4) is 0 Å². The van der Waals surface area contributed by atoms with Crippen LogP contribution in [0, 0.1) is 5.92 Å². The Hall–Kier alpha value is -2.35. The van der Waals surface area contributed by atoms with Crippen LogP contribution in [0.5, 0.6) is 0 Å². The molecule has 1 saturated carbocycles. The summed E-state index contributed by atoms with van der Waals surface area (Å²) >= 11 is 1.34. The predicted octanol–water partition coefficient (Wildman–Crippen LogP) is 2.78. The van der Waals surface area contributed by atoms with E-state index in [2.05, 4.69) is 27.8 Å². The summed E-state index contributed by atoms with van der Waals surface area (Å²) in [5, 5.41) is 14.8. The molecule has 0 unspecified atom stereocenters. The second-order valence-electron chi connectivity index (χ2n) is 7.27. The number of thioether (sulfide) groups is 1. The molecule has 150 valence electrons. The van der Waals surface area contributed by atoms with Gasteiger partial charge < -0.3 is 15.2 Å². The van der Waals surface area contributed by atoms with E-state index in [4.69, 9.17) is 0 Å². The molecule has 8 heteroatoms. The molecule has 7 nitrogen and oxygen atoms in total. The number of aromatic nitrogens is 3. The lowest BCUT2D eigenvalue weighted by atomic mass is 9.86. The SMILES string of the molecule is C[C@H]1CCCC[C@H]1NC(=O)CSc1nnc(CC(=O)Nc2ccccc2)n1C. The lowest BCUT2D eigenvalue weighted by Gasteiger charge is -2.29. The van der Waals surface area contributed by atoms with Gasteiger partial charge in [0.25, 0.3) is 0 Å². The minimum absolute atomic E-state index is 0.0233. The molecule has 2 N–H and O–H groups in total. The van der Waals surface area contributed by atoms with Gasteiger partial charge in [0.15, 0.2) is 5.16 Å². The monoisotopic (exact) mass is 401 g/mol. The first-order valence-electron chi connectivity index (χ1n) is 9.68. The van der Waals surface area contributed by atoms with E-state index in [1.807, 2.05) is 37.4 Å². The van der Waals surface area contributed by atoms with E-state index in [9.17, 15) is 9.59 Å². The number of carbonyl (C=O) groups is 2. The molecule has 0 radical (unpaired) electrons. The van der Waals surface area contributed by atoms with E-state index >= 15 is 0 Å². The van der Waals surface area contributed by atoms with Crippen LogP contribution < -0.4 is 10.6 Å². The summed E-state index contributed by atoms with van der Waals surface area (Å²) in [6.07, 6.45) is 4.80. The van der Waals surface area contributed by atoms with Crippen molar-refractivity contribution in [1.82, 2.24) is 20.1 Å². The number of para-hydroxylation sites is 1. The van der Waals surface area contributed by atoms with Crippen LogP contribution in [0.15, 0.2) is 35.5 Å². The molecule has 1 aromatic heterocycles. The van der Waals surface area contributed by atoms with Crippen LogP contribution in [0.3, 0.4) is 0 Å². The Morgan fingerprint density at radius 3 is 2.64 bits per heavy atom. The Morgan fingerprint density at radius 1 is 1.14 bits per heavy atom. The van der Waals surface area contributed by atoms with E-state index < -0.39 is 0 Å². The summed E-state index contributed by atoms with van der Waals surface area (Å²) in [7, 11) is 1.81. The largest absolute Gasteiger partial charge is 0.352 e. The molecule has 28 heavy (non-hydrogen) atoms. The van der Waals surface area contributed by atoms with Gasteiger partial charge in [-0.3, -0.25) is 9.59 Å². The number of anilines is 1. The van der Waals surface area contributed by atoms with Crippen molar-refractivity contribution >= 4 is 29.3 Å². The number of nitrogens with one attached hydrogen (secondary N) is 2. The zero-order valence-electron chi connectivity index (χ0n) is 16.4. The van der Waals surface area contributed by atoms with Crippen molar-refractivity contribution < 1.29 is 9.59 Å². The third-order valence-corrected chi connectivity index (χ3v) is 6.11. The summed E-state index contributed by atoms with van der Waals surface area (Å²) in [6, 6.07) is 9.58. The second kappa shape index (κ2) is 9.73. The first-order valence-corrected chi connectivity index (χ1v) is 10.7. The molecule has 0 bridgehead atoms. The van der Waals surface area contributed by atoms with Crippen LogP contribution in [-0.4, -0.2) is 38.4 Å². The summed E-state index contributed by atoms with van der Waals surface area (Å²) in [6.45, 7) is 2.20. The molecule has 1 fully saturated rings. The Bertz CT molecular complexity index is 808. The Balaban J connectivity index is 1.48. The smallest absolute Gasteiger partial charge is 0.232 e. The summed E-state index contributed by atoms with van der Waals surface area (Å²) in [4.78, 5) is 24.5. The number of rotatable bonds is 7. The zero-order chi connectivity index (χ0) is 19.9. The van der Waals surface area contributed by atoms with Crippen LogP contribution in [-0.2, 0) is 23.1 Å². The molecule has 1 aliphatic rings. The number of hydrogen-bond donors (Lipinski definition) is 2. The molecular weight excluding hydrogens is 374 g/mol. The van der Waals surface area contributed by atoms with E-state index in [0.717, 1.165) is 12.1 Å². The number of carbonyl (C=O) groups excluding carboxylic acids is 2. The molecule has 0 spiro atoms. The predicted molar refractivity (Wildman–Crippen MR) is 110 cm³/mol. The number of amides is 2. The Morgan fingerprint density at radius 2 is 1.89 bits per heavy atom. The fourth-order valence-electron chi connectivity index (χ4n) is 3.40. The summed E-state index contributed by atoms with van der Waals surface area (Å²) < 4.78 is 1.77. The highest BCUT2D eigenvalue weighted by molar-refractivity contribution is 7.99. The quantitative estimate of drug-likeness (QED) is 0.697. The fourth-order valence-corrected chi connectivity index (χ4v) is 4.15. The molecule has 1 aliphatic carbocycles. The van der Waals surface area contributed by atoms with Crippen LogP contribution in [0.2, 0.25) is 0 Å². The van der Waals surface area contributed by atoms with Crippen molar-refractivity contribution in [1.29, 1.82) is 0 Å². The maximum Gasteiger partial charge on any atom is 0.232 e. The van der Waals surface area contributed by atoms with E-state index in [1.165, 1.54) is 31.0 Å². The van der Waals surface area contributed by atoms with Crippen LogP contribution in [0.4, 0.5) is 5.69 Å². The highest BCUT2D eigenvalue weighted by Gasteiger charge is 2.23. The fraction of sp³-hybridized carbons (Fsp3) is 0.500. The molecule has 3 rings (SSSR count). The average molecular weight is 402 g/mol. The number of nitrogens with zero attached hydrogens (tertiary/aromatic N) is 3. The first kappa shape index (κ1) is 20.4. The summed E-state index contributed by atoms with van der Waals surface area (Å²) in [5.74, 6) is 1.27. The van der Waals surface area contributed by atoms with Crippen LogP contribution in [0.25, 0.3) is 0 Å². The highest BCUT2D eigenvalue weighted by atomic mass is 32.2. The minimum atomic E-state index is -0.151. The number of benzene rings is 1. The van der Waals surface area contributed by atoms with Gasteiger partial charge in [0.1, 0.15) is 5.82 Å². The molecule has 2 atom stereocenters. The van der Waals surface area contributed by atoms with Gasteiger partial charge in [0, 0.05) is 18.8 Å². The van der Waals surface area contributed by atoms with Gasteiger partial charge >= 0.3 is 0 Å². The highest BCUT2D eigenvalue weighted by Crippen LogP contribution is 2.24. The van der Waals surface area contributed by atoms with Gasteiger partial charge in [-0.1, -0.05) is 49.7 Å². The minimum Gasteiger partial charge on any atom is -0.352 e. The van der Waals surface area contributed by atoms with E-state index in [-0.39, 0.29) is 24.3 Å². The van der Waals surface area contributed by atoms with Gasteiger partial charge in [-0.2, -0.15) is 0 Å². The van der Waals surface area contributed by atoms with Gasteiger partial charge in [0.05, 0.1) is 12.2 Å². The topological polar surface area (TPSA) is 88.9 Å². The average Bonchev–Trinajstić information content (AvgIpc) is 3.02. The maximum atomic E-state index is 12.3. The third-order valence-electron chi connectivity index (χ3n) is 5.09. The molecule has 2 amide bonds. The van der Waals surface area contributed by atoms with Crippen molar-refractivity contribution in [2.24, 2.45) is 13.0 Å². The van der Waals surface area contributed by atoms with E-state index in [0.29, 0.717) is 22.7 Å². The Labute approximate surface area is 169 Å². The zero-order valence-corrected chi connectivity index (χ0v) is 17.2. The van der Waals surface area contributed by atoms with Crippen molar-refractivity contribution in [3.63, 3.8) is 0 Å².